The fourth-order valence-electron chi connectivity index (χ4n) is 1.63. The van der Waals surface area contributed by atoms with E-state index in [1.807, 2.05) is 24.8 Å². The van der Waals surface area contributed by atoms with Gasteiger partial charge in [0.2, 0.25) is 5.91 Å². The summed E-state index contributed by atoms with van der Waals surface area (Å²) in [5.74, 6) is 1.14. The van der Waals surface area contributed by atoms with E-state index in [0.717, 1.165) is 29.1 Å². The van der Waals surface area contributed by atoms with E-state index in [0.29, 0.717) is 0 Å². The SMILES string of the molecule is CCCc1nc(Br)cc(N(CC(N)=O)C(C)C)n1. The average Bonchev–Trinajstić information content (AvgIpc) is 2.24. The smallest absolute Gasteiger partial charge is 0.237 e. The van der Waals surface area contributed by atoms with Gasteiger partial charge in [0.25, 0.3) is 0 Å². The number of rotatable bonds is 6. The summed E-state index contributed by atoms with van der Waals surface area (Å²) in [7, 11) is 0. The highest BCUT2D eigenvalue weighted by Gasteiger charge is 2.16. The highest BCUT2D eigenvalue weighted by atomic mass is 79.9. The lowest BCUT2D eigenvalue weighted by Crippen LogP contribution is -2.39. The lowest BCUT2D eigenvalue weighted by molar-refractivity contribution is -0.116. The molecule has 0 atom stereocenters. The molecular formula is C12H19BrN4O. The molecule has 1 heterocycles. The lowest BCUT2D eigenvalue weighted by atomic mass is 10.3. The number of anilines is 1. The van der Waals surface area contributed by atoms with Crippen LogP contribution in [0, 0.1) is 0 Å². The molecule has 0 spiro atoms. The molecule has 5 nitrogen and oxygen atoms in total. The predicted octanol–water partition coefficient (Wildman–Crippen LogP) is 1.89. The van der Waals surface area contributed by atoms with Gasteiger partial charge in [-0.1, -0.05) is 6.92 Å². The Morgan fingerprint density at radius 3 is 2.67 bits per heavy atom. The van der Waals surface area contributed by atoms with E-state index in [1.165, 1.54) is 0 Å². The zero-order valence-corrected chi connectivity index (χ0v) is 12.6. The van der Waals surface area contributed by atoms with Crippen molar-refractivity contribution in [2.75, 3.05) is 11.4 Å². The first kappa shape index (κ1) is 14.9. The van der Waals surface area contributed by atoms with Crippen LogP contribution in [0.15, 0.2) is 10.7 Å². The van der Waals surface area contributed by atoms with E-state index in [2.05, 4.69) is 32.8 Å². The predicted molar refractivity (Wildman–Crippen MR) is 75.4 cm³/mol. The number of primary amides is 1. The van der Waals surface area contributed by atoms with Gasteiger partial charge >= 0.3 is 0 Å². The Balaban J connectivity index is 3.06. The number of hydrogen-bond acceptors (Lipinski definition) is 4. The van der Waals surface area contributed by atoms with Gasteiger partial charge in [0.05, 0.1) is 6.54 Å². The van der Waals surface area contributed by atoms with E-state index in [4.69, 9.17) is 5.73 Å². The zero-order valence-electron chi connectivity index (χ0n) is 11.0. The van der Waals surface area contributed by atoms with Crippen LogP contribution in [-0.2, 0) is 11.2 Å². The standard InChI is InChI=1S/C12H19BrN4O/c1-4-5-11-15-9(13)6-12(16-11)17(8(2)3)7-10(14)18/h6,8H,4-5,7H2,1-3H3,(H2,14,18). The van der Waals surface area contributed by atoms with E-state index in [9.17, 15) is 4.79 Å². The molecule has 1 amide bonds. The average molecular weight is 315 g/mol. The van der Waals surface area contributed by atoms with Crippen LogP contribution in [0.3, 0.4) is 0 Å². The highest BCUT2D eigenvalue weighted by Crippen LogP contribution is 2.19. The van der Waals surface area contributed by atoms with Gasteiger partial charge in [-0.25, -0.2) is 9.97 Å². The van der Waals surface area contributed by atoms with Crippen molar-refractivity contribution in [1.29, 1.82) is 0 Å². The van der Waals surface area contributed by atoms with Crippen molar-refractivity contribution in [2.45, 2.75) is 39.7 Å². The second kappa shape index (κ2) is 6.68. The molecule has 1 rings (SSSR count). The fraction of sp³-hybridized carbons (Fsp3) is 0.583. The number of halogens is 1. The van der Waals surface area contributed by atoms with Crippen LogP contribution in [0.25, 0.3) is 0 Å². The molecular weight excluding hydrogens is 296 g/mol. The molecule has 1 aromatic heterocycles. The molecule has 0 aliphatic carbocycles. The van der Waals surface area contributed by atoms with E-state index >= 15 is 0 Å². The molecule has 0 unspecified atom stereocenters. The summed E-state index contributed by atoms with van der Waals surface area (Å²) >= 11 is 3.37. The van der Waals surface area contributed by atoms with Crippen LogP contribution in [0.2, 0.25) is 0 Å². The van der Waals surface area contributed by atoms with Crippen LogP contribution in [-0.4, -0.2) is 28.5 Å². The van der Waals surface area contributed by atoms with Crippen LogP contribution in [0.4, 0.5) is 5.82 Å². The number of aryl methyl sites for hydroxylation is 1. The van der Waals surface area contributed by atoms with Gasteiger partial charge in [-0.05, 0) is 36.2 Å². The number of nitrogens with zero attached hydrogens (tertiary/aromatic N) is 3. The minimum atomic E-state index is -0.365. The summed E-state index contributed by atoms with van der Waals surface area (Å²) in [6, 6.07) is 1.95. The van der Waals surface area contributed by atoms with Gasteiger partial charge in [0, 0.05) is 18.5 Å². The van der Waals surface area contributed by atoms with Crippen molar-refractivity contribution in [3.63, 3.8) is 0 Å². The van der Waals surface area contributed by atoms with Crippen LogP contribution in [0.1, 0.15) is 33.0 Å². The van der Waals surface area contributed by atoms with Gasteiger partial charge in [0.15, 0.2) is 0 Å². The molecule has 6 heteroatoms. The minimum absolute atomic E-state index is 0.147. The van der Waals surface area contributed by atoms with Crippen molar-refractivity contribution < 1.29 is 4.79 Å². The summed E-state index contributed by atoms with van der Waals surface area (Å²) in [5, 5.41) is 0. The summed E-state index contributed by atoms with van der Waals surface area (Å²) in [6.45, 7) is 6.23. The maximum atomic E-state index is 11.1. The second-order valence-corrected chi connectivity index (χ2v) is 5.22. The Hall–Kier alpha value is -1.17. The summed E-state index contributed by atoms with van der Waals surface area (Å²) in [6.07, 6.45) is 1.79. The first-order valence-corrected chi connectivity index (χ1v) is 6.81. The lowest BCUT2D eigenvalue weighted by Gasteiger charge is -2.26. The maximum Gasteiger partial charge on any atom is 0.237 e. The Kier molecular flexibility index (Phi) is 5.53. The molecule has 2 N–H and O–H groups in total. The van der Waals surface area contributed by atoms with Gasteiger partial charge < -0.3 is 10.6 Å². The second-order valence-electron chi connectivity index (χ2n) is 4.40. The Labute approximate surface area is 116 Å². The molecule has 0 aromatic carbocycles. The van der Waals surface area contributed by atoms with Crippen LogP contribution >= 0.6 is 15.9 Å². The molecule has 0 saturated heterocycles. The van der Waals surface area contributed by atoms with E-state index in [-0.39, 0.29) is 18.5 Å². The largest absolute Gasteiger partial charge is 0.368 e. The third-order valence-corrected chi connectivity index (χ3v) is 2.85. The van der Waals surface area contributed by atoms with Crippen molar-refractivity contribution in [2.24, 2.45) is 5.73 Å². The van der Waals surface area contributed by atoms with Gasteiger partial charge in [-0.15, -0.1) is 0 Å². The highest BCUT2D eigenvalue weighted by molar-refractivity contribution is 9.10. The molecule has 0 bridgehead atoms. The normalized spacial score (nSPS) is 10.7. The first-order valence-electron chi connectivity index (χ1n) is 6.02. The monoisotopic (exact) mass is 314 g/mol. The van der Waals surface area contributed by atoms with E-state index in [1.54, 1.807) is 0 Å². The topological polar surface area (TPSA) is 72.1 Å². The van der Waals surface area contributed by atoms with Gasteiger partial charge in [-0.3, -0.25) is 4.79 Å². The number of carbonyl (C=O) groups is 1. The maximum absolute atomic E-state index is 11.1. The fourth-order valence-corrected chi connectivity index (χ4v) is 2.04. The molecule has 0 saturated carbocycles. The Bertz CT molecular complexity index is 423. The van der Waals surface area contributed by atoms with Crippen LogP contribution in [0.5, 0.6) is 0 Å². The molecule has 18 heavy (non-hydrogen) atoms. The first-order chi connectivity index (χ1) is 8.43. The van der Waals surface area contributed by atoms with Crippen molar-refractivity contribution in [3.8, 4) is 0 Å². The third-order valence-electron chi connectivity index (χ3n) is 2.45. The summed E-state index contributed by atoms with van der Waals surface area (Å²) in [5.41, 5.74) is 5.27. The summed E-state index contributed by atoms with van der Waals surface area (Å²) in [4.78, 5) is 21.8. The Morgan fingerprint density at radius 1 is 1.50 bits per heavy atom. The van der Waals surface area contributed by atoms with Gasteiger partial charge in [-0.2, -0.15) is 0 Å². The molecule has 0 fully saturated rings. The van der Waals surface area contributed by atoms with Crippen molar-refractivity contribution in [1.82, 2.24) is 9.97 Å². The van der Waals surface area contributed by atoms with Gasteiger partial charge in [0.1, 0.15) is 16.2 Å². The minimum Gasteiger partial charge on any atom is -0.368 e. The summed E-state index contributed by atoms with van der Waals surface area (Å²) < 4.78 is 0.728. The van der Waals surface area contributed by atoms with E-state index < -0.39 is 0 Å². The number of nitrogens with two attached hydrogens (primary N) is 1. The number of aromatic nitrogens is 2. The quantitative estimate of drug-likeness (QED) is 0.814. The molecule has 0 aliphatic rings. The molecule has 0 aliphatic heterocycles. The molecule has 1 aromatic rings. The zero-order chi connectivity index (χ0) is 13.7. The third kappa shape index (κ3) is 4.25. The number of hydrogen-bond donors (Lipinski definition) is 1. The van der Waals surface area contributed by atoms with Crippen molar-refractivity contribution >= 4 is 27.7 Å². The number of amides is 1. The molecule has 100 valence electrons. The molecule has 0 radical (unpaired) electrons. The number of carbonyl (C=O) groups excluding carboxylic acids is 1. The van der Waals surface area contributed by atoms with Crippen molar-refractivity contribution in [3.05, 3.63) is 16.5 Å². The van der Waals surface area contributed by atoms with Crippen LogP contribution < -0.4 is 10.6 Å². The Morgan fingerprint density at radius 2 is 2.17 bits per heavy atom.